The van der Waals surface area contributed by atoms with Gasteiger partial charge < -0.3 is 9.05 Å². The van der Waals surface area contributed by atoms with Gasteiger partial charge in [0.1, 0.15) is 0 Å². The molecule has 0 heterocycles. The van der Waals surface area contributed by atoms with Gasteiger partial charge in [-0.2, -0.15) is 8.78 Å². The summed E-state index contributed by atoms with van der Waals surface area (Å²) in [5.74, 6) is -1.58. The maximum absolute atomic E-state index is 12.4. The van der Waals surface area contributed by atoms with Crippen LogP contribution in [0.1, 0.15) is 20.3 Å². The Morgan fingerprint density at radius 1 is 1.19 bits per heavy atom. The molecule has 0 saturated carbocycles. The summed E-state index contributed by atoms with van der Waals surface area (Å²) < 4.78 is 57.4. The van der Waals surface area contributed by atoms with Crippen LogP contribution < -0.4 is 0 Å². The van der Waals surface area contributed by atoms with Crippen LogP contribution in [-0.2, 0) is 13.6 Å². The first-order chi connectivity index (χ1) is 7.45. The maximum atomic E-state index is 12.4. The topological polar surface area (TPSA) is 35.5 Å². The lowest BCUT2D eigenvalue weighted by molar-refractivity contribution is 0.237. The molecule has 16 heavy (non-hydrogen) atoms. The van der Waals surface area contributed by atoms with Gasteiger partial charge in [-0.05, 0) is 25.2 Å². The third-order valence-corrected chi connectivity index (χ3v) is 5.33. The van der Waals surface area contributed by atoms with Gasteiger partial charge in [0.15, 0.2) is 5.83 Å². The molecule has 0 atom stereocenters. The smallest absolute Gasteiger partial charge is 0.301 e. The van der Waals surface area contributed by atoms with Crippen LogP contribution in [-0.4, -0.2) is 19.0 Å². The molecule has 0 unspecified atom stereocenters. The molecule has 0 N–H and O–H groups in total. The molecule has 0 aromatic carbocycles. The van der Waals surface area contributed by atoms with Crippen LogP contribution in [0.5, 0.6) is 0 Å². The highest BCUT2D eigenvalue weighted by Gasteiger charge is 2.24. The van der Waals surface area contributed by atoms with E-state index in [-0.39, 0.29) is 19.0 Å². The van der Waals surface area contributed by atoms with Gasteiger partial charge in [0, 0.05) is 12.2 Å². The molecule has 0 aromatic heterocycles. The molecule has 0 aliphatic carbocycles. The molecule has 8 heteroatoms. The SMILES string of the molecule is CCOP(=O)(OCC)SCCC(F)=C(F)F. The summed E-state index contributed by atoms with van der Waals surface area (Å²) in [6, 6.07) is 0. The Labute approximate surface area is 96.7 Å². The van der Waals surface area contributed by atoms with E-state index in [9.17, 15) is 17.7 Å². The Morgan fingerprint density at radius 2 is 1.69 bits per heavy atom. The molecule has 96 valence electrons. The van der Waals surface area contributed by atoms with Gasteiger partial charge in [0.2, 0.25) is 0 Å². The van der Waals surface area contributed by atoms with Crippen LogP contribution in [0.4, 0.5) is 13.2 Å². The molecular weight excluding hydrogens is 264 g/mol. The summed E-state index contributed by atoms with van der Waals surface area (Å²) in [6.07, 6.45) is -2.83. The molecule has 0 radical (unpaired) electrons. The normalized spacial score (nSPS) is 11.6. The molecule has 0 amide bonds. The van der Waals surface area contributed by atoms with E-state index in [0.717, 1.165) is 11.4 Å². The molecule has 0 bridgehead atoms. The van der Waals surface area contributed by atoms with Crippen molar-refractivity contribution in [3.8, 4) is 0 Å². The largest absolute Gasteiger partial charge is 0.389 e. The van der Waals surface area contributed by atoms with Crippen LogP contribution in [0.15, 0.2) is 11.9 Å². The van der Waals surface area contributed by atoms with E-state index >= 15 is 0 Å². The summed E-state index contributed by atoms with van der Waals surface area (Å²) in [5.41, 5.74) is 0. The second-order valence-electron chi connectivity index (χ2n) is 2.53. The summed E-state index contributed by atoms with van der Waals surface area (Å²) in [6.45, 7) is 0.304. The first-order valence-corrected chi connectivity index (χ1v) is 7.81. The van der Waals surface area contributed by atoms with Crippen molar-refractivity contribution in [2.24, 2.45) is 0 Å². The Balaban J connectivity index is 4.13. The lowest BCUT2D eigenvalue weighted by Gasteiger charge is -2.15. The molecule has 0 rings (SSSR count). The average molecular weight is 278 g/mol. The van der Waals surface area contributed by atoms with Gasteiger partial charge in [-0.1, -0.05) is 0 Å². The molecule has 0 aromatic rings. The van der Waals surface area contributed by atoms with Crippen molar-refractivity contribution in [3.63, 3.8) is 0 Å². The summed E-state index contributed by atoms with van der Waals surface area (Å²) in [5, 5.41) is 0. The predicted molar refractivity (Wildman–Crippen MR) is 58.3 cm³/mol. The van der Waals surface area contributed by atoms with E-state index in [1.54, 1.807) is 13.8 Å². The lowest BCUT2D eigenvalue weighted by Crippen LogP contribution is -1.93. The van der Waals surface area contributed by atoms with Crippen molar-refractivity contribution < 1.29 is 26.8 Å². The number of hydrogen-bond acceptors (Lipinski definition) is 4. The summed E-state index contributed by atoms with van der Waals surface area (Å²) in [7, 11) is 0. The van der Waals surface area contributed by atoms with Gasteiger partial charge in [-0.3, -0.25) is 0 Å². The van der Waals surface area contributed by atoms with Gasteiger partial charge in [0.25, 0.3) is 0 Å². The molecule has 3 nitrogen and oxygen atoms in total. The first-order valence-electron chi connectivity index (χ1n) is 4.68. The second-order valence-corrected chi connectivity index (χ2v) is 6.72. The van der Waals surface area contributed by atoms with Crippen molar-refractivity contribution in [1.29, 1.82) is 0 Å². The van der Waals surface area contributed by atoms with Crippen LogP contribution in [0.25, 0.3) is 0 Å². The van der Waals surface area contributed by atoms with Crippen LogP contribution >= 0.6 is 18.2 Å². The fourth-order valence-corrected chi connectivity index (χ4v) is 4.14. The monoisotopic (exact) mass is 278 g/mol. The second kappa shape index (κ2) is 8.17. The predicted octanol–water partition coefficient (Wildman–Crippen LogP) is 4.37. The van der Waals surface area contributed by atoms with Crippen molar-refractivity contribution >= 4 is 18.2 Å². The maximum Gasteiger partial charge on any atom is 0.389 e. The van der Waals surface area contributed by atoms with Crippen molar-refractivity contribution in [2.75, 3.05) is 19.0 Å². The van der Waals surface area contributed by atoms with Crippen LogP contribution in [0.3, 0.4) is 0 Å². The molecule has 0 aliphatic heterocycles. The fraction of sp³-hybridized carbons (Fsp3) is 0.750. The van der Waals surface area contributed by atoms with Crippen LogP contribution in [0, 0.1) is 0 Å². The molecule has 0 aliphatic rings. The Kier molecular flexibility index (Phi) is 8.18. The van der Waals surface area contributed by atoms with Gasteiger partial charge >= 0.3 is 12.9 Å². The standard InChI is InChI=1S/C8H14F3O3PS/c1-3-13-15(12,14-4-2)16-6-5-7(9)8(10)11/h3-6H2,1-2H3. The number of allylic oxidation sites excluding steroid dienone is 1. The lowest BCUT2D eigenvalue weighted by atomic mass is 10.4. The van der Waals surface area contributed by atoms with Gasteiger partial charge in [0.05, 0.1) is 13.2 Å². The highest BCUT2D eigenvalue weighted by Crippen LogP contribution is 2.60. The zero-order valence-electron chi connectivity index (χ0n) is 9.04. The van der Waals surface area contributed by atoms with Gasteiger partial charge in [-0.25, -0.2) is 8.96 Å². The Hall–Kier alpha value is 0.0300. The number of rotatable bonds is 8. The number of halogens is 3. The molecular formula is C8H14F3O3PS. The third-order valence-electron chi connectivity index (χ3n) is 1.35. The van der Waals surface area contributed by atoms with Crippen LogP contribution in [0.2, 0.25) is 0 Å². The minimum atomic E-state index is -3.32. The number of hydrogen-bond donors (Lipinski definition) is 0. The van der Waals surface area contributed by atoms with E-state index in [0.29, 0.717) is 0 Å². The van der Waals surface area contributed by atoms with Crippen molar-refractivity contribution in [3.05, 3.63) is 11.9 Å². The zero-order chi connectivity index (χ0) is 12.6. The first kappa shape index (κ1) is 16.0. The molecule has 0 fully saturated rings. The average Bonchev–Trinajstić information content (AvgIpc) is 2.17. The Morgan fingerprint density at radius 3 is 2.06 bits per heavy atom. The van der Waals surface area contributed by atoms with E-state index in [1.165, 1.54) is 0 Å². The van der Waals surface area contributed by atoms with Gasteiger partial charge in [-0.15, -0.1) is 0 Å². The minimum absolute atomic E-state index is 0.0829. The van der Waals surface area contributed by atoms with Crippen molar-refractivity contribution in [2.45, 2.75) is 20.3 Å². The summed E-state index contributed by atoms with van der Waals surface area (Å²) in [4.78, 5) is 0. The molecule has 0 spiro atoms. The van der Waals surface area contributed by atoms with E-state index < -0.39 is 25.1 Å². The summed E-state index contributed by atoms with van der Waals surface area (Å²) >= 11 is 0.722. The highest BCUT2D eigenvalue weighted by atomic mass is 32.7. The quantitative estimate of drug-likeness (QED) is 0.618. The minimum Gasteiger partial charge on any atom is -0.301 e. The van der Waals surface area contributed by atoms with Crippen molar-refractivity contribution in [1.82, 2.24) is 0 Å². The fourth-order valence-electron chi connectivity index (χ4n) is 0.770. The van der Waals surface area contributed by atoms with E-state index in [2.05, 4.69) is 0 Å². The van der Waals surface area contributed by atoms with E-state index in [1.807, 2.05) is 0 Å². The third kappa shape index (κ3) is 6.58. The molecule has 0 saturated heterocycles. The highest BCUT2D eigenvalue weighted by molar-refractivity contribution is 8.55. The zero-order valence-corrected chi connectivity index (χ0v) is 10.8. The Bertz CT molecular complexity index is 272. The van der Waals surface area contributed by atoms with E-state index in [4.69, 9.17) is 9.05 Å².